The predicted molar refractivity (Wildman–Crippen MR) is 114 cm³/mol. The van der Waals surface area contributed by atoms with Crippen molar-refractivity contribution in [3.8, 4) is 11.5 Å². The van der Waals surface area contributed by atoms with Crippen LogP contribution in [-0.4, -0.2) is 18.0 Å². The topological polar surface area (TPSA) is 60.5 Å². The summed E-state index contributed by atoms with van der Waals surface area (Å²) in [5, 5.41) is 3.50. The number of benzene rings is 2. The lowest BCUT2D eigenvalue weighted by Crippen LogP contribution is -2.26. The van der Waals surface area contributed by atoms with Crippen LogP contribution in [0.5, 0.6) is 11.5 Å². The van der Waals surface area contributed by atoms with E-state index in [0.717, 1.165) is 11.3 Å². The number of nitrogens with one attached hydrogen (secondary N) is 1. The molecule has 1 atom stereocenters. The van der Waals surface area contributed by atoms with Gasteiger partial charge >= 0.3 is 0 Å². The molecular formula is C22H20Cl2N2O3. The Morgan fingerprint density at radius 3 is 2.52 bits per heavy atom. The Kier molecular flexibility index (Phi) is 6.96. The molecule has 0 bridgehead atoms. The monoisotopic (exact) mass is 430 g/mol. The van der Waals surface area contributed by atoms with Crippen LogP contribution in [0.2, 0.25) is 10.0 Å². The molecule has 0 radical (unpaired) electrons. The molecule has 0 spiro atoms. The standard InChI is InChI=1S/C22H20Cl2N2O3/c1-14(26-22(27)16-11-19(23)21(28-2)20(24)12-16)15-6-5-8-18(10-15)29-13-17-7-3-4-9-25-17/h3-12,14H,13H2,1-2H3,(H,26,27). The summed E-state index contributed by atoms with van der Waals surface area (Å²) in [5.74, 6) is 0.754. The van der Waals surface area contributed by atoms with Gasteiger partial charge in [0.25, 0.3) is 5.91 Å². The summed E-state index contributed by atoms with van der Waals surface area (Å²) in [6.07, 6.45) is 1.73. The van der Waals surface area contributed by atoms with E-state index in [4.69, 9.17) is 32.7 Å². The molecule has 0 aliphatic heterocycles. The number of ether oxygens (including phenoxy) is 2. The molecule has 0 saturated carbocycles. The molecule has 7 heteroatoms. The van der Waals surface area contributed by atoms with Crippen molar-refractivity contribution in [2.24, 2.45) is 0 Å². The first-order valence-electron chi connectivity index (χ1n) is 8.94. The summed E-state index contributed by atoms with van der Waals surface area (Å²) < 4.78 is 10.9. The molecule has 1 heterocycles. The van der Waals surface area contributed by atoms with Gasteiger partial charge in [-0.3, -0.25) is 9.78 Å². The molecule has 0 aliphatic rings. The molecule has 5 nitrogen and oxygen atoms in total. The van der Waals surface area contributed by atoms with E-state index in [0.29, 0.717) is 23.7 Å². The number of pyridine rings is 1. The Hall–Kier alpha value is -2.76. The zero-order valence-corrected chi connectivity index (χ0v) is 17.5. The fourth-order valence-corrected chi connectivity index (χ4v) is 3.41. The van der Waals surface area contributed by atoms with E-state index in [9.17, 15) is 4.79 Å². The van der Waals surface area contributed by atoms with E-state index in [2.05, 4.69) is 10.3 Å². The lowest BCUT2D eigenvalue weighted by Gasteiger charge is -2.16. The second kappa shape index (κ2) is 9.63. The number of amides is 1. The fourth-order valence-electron chi connectivity index (χ4n) is 2.76. The SMILES string of the molecule is COc1c(Cl)cc(C(=O)NC(C)c2cccc(OCc3ccccn3)c2)cc1Cl. The van der Waals surface area contributed by atoms with Crippen molar-refractivity contribution >= 4 is 29.1 Å². The van der Waals surface area contributed by atoms with Gasteiger partial charge in [-0.2, -0.15) is 0 Å². The van der Waals surface area contributed by atoms with Gasteiger partial charge in [0, 0.05) is 11.8 Å². The molecular weight excluding hydrogens is 411 g/mol. The van der Waals surface area contributed by atoms with E-state index in [1.807, 2.05) is 49.4 Å². The Morgan fingerprint density at radius 1 is 1.10 bits per heavy atom. The van der Waals surface area contributed by atoms with Gasteiger partial charge in [0.2, 0.25) is 0 Å². The number of carbonyl (C=O) groups excluding carboxylic acids is 1. The third-order valence-electron chi connectivity index (χ3n) is 4.28. The van der Waals surface area contributed by atoms with Crippen LogP contribution in [0.4, 0.5) is 0 Å². The Morgan fingerprint density at radius 2 is 1.86 bits per heavy atom. The highest BCUT2D eigenvalue weighted by Crippen LogP contribution is 2.34. The fraction of sp³-hybridized carbons (Fsp3) is 0.182. The number of aromatic nitrogens is 1. The van der Waals surface area contributed by atoms with Crippen LogP contribution in [0.1, 0.15) is 34.6 Å². The van der Waals surface area contributed by atoms with Gasteiger partial charge in [0.1, 0.15) is 12.4 Å². The highest BCUT2D eigenvalue weighted by atomic mass is 35.5. The molecule has 2 aromatic carbocycles. The van der Waals surface area contributed by atoms with Crippen LogP contribution in [-0.2, 0) is 6.61 Å². The molecule has 29 heavy (non-hydrogen) atoms. The summed E-state index contributed by atoms with van der Waals surface area (Å²) in [6, 6.07) is 16.0. The maximum Gasteiger partial charge on any atom is 0.251 e. The van der Waals surface area contributed by atoms with Gasteiger partial charge in [-0.05, 0) is 48.9 Å². The number of nitrogens with zero attached hydrogens (tertiary/aromatic N) is 1. The van der Waals surface area contributed by atoms with Crippen LogP contribution in [0.3, 0.4) is 0 Å². The van der Waals surface area contributed by atoms with Gasteiger partial charge in [-0.15, -0.1) is 0 Å². The number of hydrogen-bond donors (Lipinski definition) is 1. The first kappa shape index (κ1) is 21.0. The van der Waals surface area contributed by atoms with E-state index < -0.39 is 0 Å². The molecule has 0 fully saturated rings. The molecule has 150 valence electrons. The van der Waals surface area contributed by atoms with Gasteiger partial charge < -0.3 is 14.8 Å². The average Bonchev–Trinajstić information content (AvgIpc) is 2.73. The third kappa shape index (κ3) is 5.40. The second-order valence-electron chi connectivity index (χ2n) is 6.35. The molecule has 0 aliphatic carbocycles. The molecule has 1 unspecified atom stereocenters. The lowest BCUT2D eigenvalue weighted by molar-refractivity contribution is 0.0939. The summed E-state index contributed by atoms with van der Waals surface area (Å²) >= 11 is 12.3. The van der Waals surface area contributed by atoms with Crippen LogP contribution in [0.15, 0.2) is 60.8 Å². The third-order valence-corrected chi connectivity index (χ3v) is 4.84. The number of carbonyl (C=O) groups is 1. The summed E-state index contributed by atoms with van der Waals surface area (Å²) in [6.45, 7) is 2.26. The summed E-state index contributed by atoms with van der Waals surface area (Å²) in [5.41, 5.74) is 2.10. The Labute approximate surface area is 179 Å². The quantitative estimate of drug-likeness (QED) is 0.539. The maximum atomic E-state index is 12.6. The minimum absolute atomic E-state index is 0.249. The van der Waals surface area contributed by atoms with Crippen molar-refractivity contribution in [3.05, 3.63) is 87.7 Å². The number of hydrogen-bond acceptors (Lipinski definition) is 4. The van der Waals surface area contributed by atoms with Crippen molar-refractivity contribution in [2.45, 2.75) is 19.6 Å². The zero-order valence-electron chi connectivity index (χ0n) is 16.0. The highest BCUT2D eigenvalue weighted by Gasteiger charge is 2.16. The van der Waals surface area contributed by atoms with Crippen LogP contribution >= 0.6 is 23.2 Å². The largest absolute Gasteiger partial charge is 0.494 e. The van der Waals surface area contributed by atoms with Crippen LogP contribution in [0, 0.1) is 0 Å². The molecule has 3 rings (SSSR count). The van der Waals surface area contributed by atoms with E-state index in [-0.39, 0.29) is 22.0 Å². The minimum atomic E-state index is -0.288. The molecule has 1 aromatic heterocycles. The normalized spacial score (nSPS) is 11.6. The van der Waals surface area contributed by atoms with Crippen LogP contribution < -0.4 is 14.8 Å². The van der Waals surface area contributed by atoms with E-state index in [1.54, 1.807) is 6.20 Å². The number of halogens is 2. The average molecular weight is 431 g/mol. The van der Waals surface area contributed by atoms with Gasteiger partial charge in [-0.25, -0.2) is 0 Å². The summed E-state index contributed by atoms with van der Waals surface area (Å²) in [4.78, 5) is 16.9. The van der Waals surface area contributed by atoms with Crippen LogP contribution in [0.25, 0.3) is 0 Å². The summed E-state index contributed by atoms with van der Waals surface area (Å²) in [7, 11) is 1.47. The Balaban J connectivity index is 1.67. The van der Waals surface area contributed by atoms with Gasteiger partial charge in [0.05, 0.1) is 28.9 Å². The van der Waals surface area contributed by atoms with Crippen molar-refractivity contribution in [1.82, 2.24) is 10.3 Å². The van der Waals surface area contributed by atoms with Crippen molar-refractivity contribution in [2.75, 3.05) is 7.11 Å². The first-order chi connectivity index (χ1) is 14.0. The van der Waals surface area contributed by atoms with E-state index in [1.165, 1.54) is 19.2 Å². The predicted octanol–water partition coefficient (Wildman–Crippen LogP) is 5.47. The van der Waals surface area contributed by atoms with Gasteiger partial charge in [0.15, 0.2) is 5.75 Å². The van der Waals surface area contributed by atoms with Crippen molar-refractivity contribution < 1.29 is 14.3 Å². The van der Waals surface area contributed by atoms with Crippen molar-refractivity contribution in [3.63, 3.8) is 0 Å². The second-order valence-corrected chi connectivity index (χ2v) is 7.16. The maximum absolute atomic E-state index is 12.6. The highest BCUT2D eigenvalue weighted by molar-refractivity contribution is 6.37. The molecule has 3 aromatic rings. The minimum Gasteiger partial charge on any atom is -0.494 e. The molecule has 1 amide bonds. The lowest BCUT2D eigenvalue weighted by atomic mass is 10.1. The van der Waals surface area contributed by atoms with Crippen molar-refractivity contribution in [1.29, 1.82) is 0 Å². The number of rotatable bonds is 7. The number of methoxy groups -OCH3 is 1. The zero-order chi connectivity index (χ0) is 20.8. The van der Waals surface area contributed by atoms with E-state index >= 15 is 0 Å². The van der Waals surface area contributed by atoms with Gasteiger partial charge in [-0.1, -0.05) is 41.4 Å². The Bertz CT molecular complexity index is 973. The first-order valence-corrected chi connectivity index (χ1v) is 9.70. The smallest absolute Gasteiger partial charge is 0.251 e. The molecule has 1 N–H and O–H groups in total. The molecule has 0 saturated heterocycles.